The Kier molecular flexibility index (Phi) is 13.6. The molecule has 0 heterocycles. The summed E-state index contributed by atoms with van der Waals surface area (Å²) in [6.45, 7) is 9.18. The highest BCUT2D eigenvalue weighted by atomic mass is 14.7. The van der Waals surface area contributed by atoms with Crippen LogP contribution in [0.1, 0.15) is 134 Å². The molecule has 0 aliphatic carbocycles. The summed E-state index contributed by atoms with van der Waals surface area (Å²) >= 11 is 0. The Morgan fingerprint density at radius 1 is 0.643 bits per heavy atom. The molecule has 1 heteroatoms. The molecule has 0 spiro atoms. The van der Waals surface area contributed by atoms with Gasteiger partial charge in [0.2, 0.25) is 0 Å². The molecule has 0 atom stereocenters. The second-order valence-electron chi connectivity index (χ2n) is 8.93. The van der Waals surface area contributed by atoms with E-state index in [1.165, 1.54) is 95.5 Å². The zero-order valence-corrected chi connectivity index (χ0v) is 19.6. The molecule has 1 aromatic carbocycles. The summed E-state index contributed by atoms with van der Waals surface area (Å²) in [4.78, 5) is 0. The summed E-state index contributed by atoms with van der Waals surface area (Å²) in [6, 6.07) is 7.06. The van der Waals surface area contributed by atoms with E-state index in [0.717, 1.165) is 12.8 Å². The summed E-state index contributed by atoms with van der Waals surface area (Å²) in [7, 11) is 0. The lowest BCUT2D eigenvalue weighted by atomic mass is 9.76. The van der Waals surface area contributed by atoms with E-state index >= 15 is 0 Å². The fourth-order valence-electron chi connectivity index (χ4n) is 4.52. The van der Waals surface area contributed by atoms with Crippen LogP contribution in [-0.2, 0) is 18.4 Å². The summed E-state index contributed by atoms with van der Waals surface area (Å²) < 4.78 is 0. The number of nitrogens with two attached hydrogens (primary N) is 1. The van der Waals surface area contributed by atoms with Crippen molar-refractivity contribution in [2.75, 3.05) is 0 Å². The van der Waals surface area contributed by atoms with Gasteiger partial charge >= 0.3 is 0 Å². The van der Waals surface area contributed by atoms with Crippen molar-refractivity contribution < 1.29 is 0 Å². The molecule has 1 rings (SSSR count). The van der Waals surface area contributed by atoms with Crippen molar-refractivity contribution in [3.05, 3.63) is 34.9 Å². The van der Waals surface area contributed by atoms with Gasteiger partial charge in [0, 0.05) is 5.54 Å². The number of hydrogen-bond donors (Lipinski definition) is 1. The van der Waals surface area contributed by atoms with Crippen LogP contribution in [0.5, 0.6) is 0 Å². The van der Waals surface area contributed by atoms with Gasteiger partial charge in [-0.05, 0) is 55.2 Å². The first-order valence-corrected chi connectivity index (χ1v) is 12.5. The molecule has 1 aromatic rings. The first-order chi connectivity index (χ1) is 13.6. The number of unbranched alkanes of at least 4 members (excludes halogenated alkanes) is 8. The highest BCUT2D eigenvalue weighted by Crippen LogP contribution is 2.35. The minimum atomic E-state index is -0.132. The lowest BCUT2D eigenvalue weighted by molar-refractivity contribution is 0.344. The van der Waals surface area contributed by atoms with Crippen LogP contribution in [-0.4, -0.2) is 0 Å². The average Bonchev–Trinajstić information content (AvgIpc) is 2.69. The Morgan fingerprint density at radius 3 is 1.68 bits per heavy atom. The Labute approximate surface area is 176 Å². The van der Waals surface area contributed by atoms with E-state index in [0.29, 0.717) is 0 Å². The van der Waals surface area contributed by atoms with Crippen LogP contribution in [0, 0.1) is 0 Å². The number of hydrogen-bond acceptors (Lipinski definition) is 1. The van der Waals surface area contributed by atoms with E-state index in [9.17, 15) is 0 Å². The van der Waals surface area contributed by atoms with Crippen LogP contribution in [0.3, 0.4) is 0 Å². The SMILES string of the molecule is CCCCCc1cccc(C(N)(CCCCC)CCCCC)c1CCCCC. The second kappa shape index (κ2) is 15.1. The van der Waals surface area contributed by atoms with Gasteiger partial charge in [-0.25, -0.2) is 0 Å². The van der Waals surface area contributed by atoms with E-state index in [1.54, 1.807) is 11.1 Å². The maximum Gasteiger partial charge on any atom is 0.0412 e. The molecule has 0 saturated heterocycles. The molecule has 2 N–H and O–H groups in total. The minimum absolute atomic E-state index is 0.132. The molecule has 0 aliphatic rings. The Balaban J connectivity index is 3.16. The molecular weight excluding hydrogens is 338 g/mol. The summed E-state index contributed by atoms with van der Waals surface area (Å²) in [5.74, 6) is 0. The summed E-state index contributed by atoms with van der Waals surface area (Å²) in [5, 5.41) is 0. The van der Waals surface area contributed by atoms with Crippen molar-refractivity contribution >= 4 is 0 Å². The largest absolute Gasteiger partial charge is 0.321 e. The Morgan fingerprint density at radius 2 is 1.14 bits per heavy atom. The number of aryl methyl sites for hydroxylation is 1. The van der Waals surface area contributed by atoms with E-state index in [2.05, 4.69) is 45.9 Å². The van der Waals surface area contributed by atoms with E-state index in [4.69, 9.17) is 5.73 Å². The predicted molar refractivity (Wildman–Crippen MR) is 127 cm³/mol. The molecule has 0 amide bonds. The molecule has 0 aliphatic heterocycles. The van der Waals surface area contributed by atoms with Crippen LogP contribution >= 0.6 is 0 Å². The summed E-state index contributed by atoms with van der Waals surface area (Å²) in [5.41, 5.74) is 11.8. The normalized spacial score (nSPS) is 11.9. The Bertz CT molecular complexity index is 495. The molecule has 0 saturated carbocycles. The fraction of sp³-hybridized carbons (Fsp3) is 0.778. The molecule has 0 aromatic heterocycles. The monoisotopic (exact) mass is 387 g/mol. The van der Waals surface area contributed by atoms with Crippen LogP contribution in [0.2, 0.25) is 0 Å². The van der Waals surface area contributed by atoms with Gasteiger partial charge < -0.3 is 5.73 Å². The first kappa shape index (κ1) is 25.2. The Hall–Kier alpha value is -0.820. The molecule has 0 fully saturated rings. The maximum absolute atomic E-state index is 7.23. The van der Waals surface area contributed by atoms with Crippen LogP contribution in [0.25, 0.3) is 0 Å². The zero-order valence-electron chi connectivity index (χ0n) is 19.6. The molecule has 162 valence electrons. The maximum atomic E-state index is 7.23. The van der Waals surface area contributed by atoms with E-state index in [1.807, 2.05) is 0 Å². The van der Waals surface area contributed by atoms with Crippen molar-refractivity contribution in [3.63, 3.8) is 0 Å². The molecule has 28 heavy (non-hydrogen) atoms. The van der Waals surface area contributed by atoms with Crippen LogP contribution in [0.4, 0.5) is 0 Å². The third-order valence-corrected chi connectivity index (χ3v) is 6.34. The standard InChI is InChI=1S/C27H49N/c1-5-9-13-18-24-19-17-21-26(25(24)20-14-10-6-2)27(28,22-15-11-7-3)23-16-12-8-4/h17,19,21H,5-16,18,20,22-23,28H2,1-4H3. The minimum Gasteiger partial charge on any atom is -0.321 e. The topological polar surface area (TPSA) is 26.0 Å². The van der Waals surface area contributed by atoms with Crippen molar-refractivity contribution in [1.29, 1.82) is 0 Å². The fourth-order valence-corrected chi connectivity index (χ4v) is 4.52. The van der Waals surface area contributed by atoms with Crippen LogP contribution < -0.4 is 5.73 Å². The zero-order chi connectivity index (χ0) is 20.7. The molecule has 0 bridgehead atoms. The van der Waals surface area contributed by atoms with Gasteiger partial charge in [-0.3, -0.25) is 0 Å². The van der Waals surface area contributed by atoms with Gasteiger partial charge in [-0.1, -0.05) is 110 Å². The van der Waals surface area contributed by atoms with Gasteiger partial charge in [-0.15, -0.1) is 0 Å². The van der Waals surface area contributed by atoms with Crippen molar-refractivity contribution in [2.24, 2.45) is 5.73 Å². The lowest BCUT2D eigenvalue weighted by Gasteiger charge is -2.34. The highest BCUT2D eigenvalue weighted by molar-refractivity contribution is 5.40. The van der Waals surface area contributed by atoms with Gasteiger partial charge in [0.15, 0.2) is 0 Å². The highest BCUT2D eigenvalue weighted by Gasteiger charge is 2.29. The third-order valence-electron chi connectivity index (χ3n) is 6.34. The van der Waals surface area contributed by atoms with Gasteiger partial charge in [0.25, 0.3) is 0 Å². The van der Waals surface area contributed by atoms with E-state index < -0.39 is 0 Å². The third kappa shape index (κ3) is 8.68. The first-order valence-electron chi connectivity index (χ1n) is 12.5. The smallest absolute Gasteiger partial charge is 0.0412 e. The number of rotatable bonds is 17. The molecular formula is C27H49N. The van der Waals surface area contributed by atoms with Crippen molar-refractivity contribution in [2.45, 2.75) is 136 Å². The number of benzene rings is 1. The van der Waals surface area contributed by atoms with Gasteiger partial charge in [0.1, 0.15) is 0 Å². The van der Waals surface area contributed by atoms with Gasteiger partial charge in [0.05, 0.1) is 0 Å². The molecule has 0 radical (unpaired) electrons. The van der Waals surface area contributed by atoms with E-state index in [-0.39, 0.29) is 5.54 Å². The lowest BCUT2D eigenvalue weighted by Crippen LogP contribution is -2.38. The average molecular weight is 388 g/mol. The quantitative estimate of drug-likeness (QED) is 0.266. The van der Waals surface area contributed by atoms with Gasteiger partial charge in [-0.2, -0.15) is 0 Å². The predicted octanol–water partition coefficient (Wildman–Crippen LogP) is 8.47. The molecule has 1 nitrogen and oxygen atoms in total. The summed E-state index contributed by atoms with van der Waals surface area (Å²) in [6.07, 6.45) is 20.2. The van der Waals surface area contributed by atoms with Crippen LogP contribution in [0.15, 0.2) is 18.2 Å². The molecule has 0 unspecified atom stereocenters. The van der Waals surface area contributed by atoms with Crippen molar-refractivity contribution in [1.82, 2.24) is 0 Å². The second-order valence-corrected chi connectivity index (χ2v) is 8.93. The van der Waals surface area contributed by atoms with Crippen molar-refractivity contribution in [3.8, 4) is 0 Å².